The molecule has 1 aliphatic carbocycles. The van der Waals surface area contributed by atoms with Crippen LogP contribution < -0.4 is 16.0 Å². The van der Waals surface area contributed by atoms with Gasteiger partial charge in [0.1, 0.15) is 6.23 Å². The van der Waals surface area contributed by atoms with Crippen LogP contribution in [0.5, 0.6) is 0 Å². The van der Waals surface area contributed by atoms with Crippen LogP contribution in [0.15, 0.2) is 36.4 Å². The number of nitrogens with zero attached hydrogens (tertiary/aromatic N) is 1. The van der Waals surface area contributed by atoms with Crippen molar-refractivity contribution < 1.29 is 15.2 Å². The van der Waals surface area contributed by atoms with E-state index < -0.39 is 11.6 Å². The molecule has 0 radical (unpaired) electrons. The van der Waals surface area contributed by atoms with E-state index in [0.717, 1.165) is 50.0 Å². The summed E-state index contributed by atoms with van der Waals surface area (Å²) in [5.74, 6) is 0.660. The first-order chi connectivity index (χ1) is 15.0. The van der Waals surface area contributed by atoms with Crippen molar-refractivity contribution >= 4 is 28.9 Å². The fraction of sp³-hybridized carbons (Fsp3) is 0.480. The third kappa shape index (κ3) is 3.39. The van der Waals surface area contributed by atoms with Crippen LogP contribution in [0.25, 0.3) is 0 Å². The lowest BCUT2D eigenvalue weighted by Crippen LogP contribution is -2.86. The largest absolute Gasteiger partial charge is 0.374 e. The molecule has 3 aliphatic rings. The maximum absolute atomic E-state index is 14.1. The molecular formula is C25H31ClN3O2+. The molecule has 1 amide bonds. The molecule has 1 saturated heterocycles. The second kappa shape index (κ2) is 8.21. The number of benzene rings is 2. The molecule has 2 aromatic rings. The minimum Gasteiger partial charge on any atom is -0.374 e. The van der Waals surface area contributed by atoms with Crippen molar-refractivity contribution in [2.45, 2.75) is 62.5 Å². The van der Waals surface area contributed by atoms with Gasteiger partial charge in [-0.05, 0) is 48.1 Å². The van der Waals surface area contributed by atoms with Gasteiger partial charge in [-0.25, -0.2) is 0 Å². The number of hydrogen-bond donors (Lipinski definition) is 3. The van der Waals surface area contributed by atoms with Crippen molar-refractivity contribution in [1.29, 1.82) is 0 Å². The highest BCUT2D eigenvalue weighted by atomic mass is 35.5. The maximum Gasteiger partial charge on any atom is 0.242 e. The van der Waals surface area contributed by atoms with Crippen LogP contribution in [0.1, 0.15) is 73.8 Å². The quantitative estimate of drug-likeness (QED) is 0.637. The molecule has 2 fully saturated rings. The first kappa shape index (κ1) is 21.0. The van der Waals surface area contributed by atoms with Gasteiger partial charge < -0.3 is 16.2 Å². The van der Waals surface area contributed by atoms with Gasteiger partial charge in [0.2, 0.25) is 5.91 Å². The summed E-state index contributed by atoms with van der Waals surface area (Å²) >= 11 is 6.40. The Hall–Kier alpha value is -1.92. The number of rotatable bonds is 3. The van der Waals surface area contributed by atoms with Gasteiger partial charge in [-0.15, -0.1) is 0 Å². The summed E-state index contributed by atoms with van der Waals surface area (Å²) in [7, 11) is 0. The standard InChI is InChI=1S/C25H30ClN3O2/c26-19-5-4-6-21(22(19)23(27)30)29-20-8-7-17(16-9-13-28-14-10-16)15-18(20)25(24(29)31)11-2-1-3-12-25/h4-8,15-16,23,28,30H,1-3,9-14,27H2/p+1. The highest BCUT2D eigenvalue weighted by Gasteiger charge is 2.52. The summed E-state index contributed by atoms with van der Waals surface area (Å²) in [6.07, 6.45) is 6.15. The number of carbonyl (C=O) groups is 1. The number of aliphatic hydroxyl groups excluding tert-OH is 1. The second-order valence-electron chi connectivity index (χ2n) is 9.32. The second-order valence-corrected chi connectivity index (χ2v) is 9.72. The van der Waals surface area contributed by atoms with E-state index in [4.69, 9.17) is 17.3 Å². The number of carbonyl (C=O) groups excluding carboxylic acids is 1. The van der Waals surface area contributed by atoms with Crippen LogP contribution in [-0.4, -0.2) is 24.1 Å². The Morgan fingerprint density at radius 3 is 2.55 bits per heavy atom. The maximum atomic E-state index is 14.1. The van der Waals surface area contributed by atoms with Gasteiger partial charge in [-0.3, -0.25) is 9.69 Å². The molecule has 2 aromatic carbocycles. The van der Waals surface area contributed by atoms with Gasteiger partial charge in [0.25, 0.3) is 0 Å². The Morgan fingerprint density at radius 1 is 1.10 bits per heavy atom. The number of halogens is 1. The van der Waals surface area contributed by atoms with Gasteiger partial charge in [0, 0.05) is 23.4 Å². The van der Waals surface area contributed by atoms with Crippen LogP contribution in [0.2, 0.25) is 5.02 Å². The number of aliphatic hydroxyl groups is 1. The van der Waals surface area contributed by atoms with Crippen LogP contribution in [0, 0.1) is 0 Å². The zero-order valence-corrected chi connectivity index (χ0v) is 18.6. The fourth-order valence-corrected chi connectivity index (χ4v) is 6.26. The monoisotopic (exact) mass is 440 g/mol. The van der Waals surface area contributed by atoms with Crippen molar-refractivity contribution in [2.24, 2.45) is 5.73 Å². The Kier molecular flexibility index (Phi) is 5.55. The van der Waals surface area contributed by atoms with Gasteiger partial charge in [0.15, 0.2) is 0 Å². The van der Waals surface area contributed by atoms with Crippen LogP contribution in [-0.2, 0) is 10.2 Å². The lowest BCUT2D eigenvalue weighted by atomic mass is 9.69. The first-order valence-electron chi connectivity index (χ1n) is 11.6. The average molecular weight is 441 g/mol. The summed E-state index contributed by atoms with van der Waals surface area (Å²) in [4.78, 5) is 15.8. The molecule has 5 nitrogen and oxygen atoms in total. The number of quaternary nitrogens is 1. The molecule has 1 spiro atoms. The van der Waals surface area contributed by atoms with Crippen LogP contribution in [0.3, 0.4) is 0 Å². The number of piperidine rings is 1. The molecule has 1 atom stereocenters. The normalized spacial score (nSPS) is 22.0. The van der Waals surface area contributed by atoms with E-state index >= 15 is 0 Å². The van der Waals surface area contributed by atoms with Crippen molar-refractivity contribution in [3.8, 4) is 0 Å². The lowest BCUT2D eigenvalue weighted by molar-refractivity contribution is -0.663. The number of nitrogens with two attached hydrogens (primary N) is 2. The van der Waals surface area contributed by atoms with E-state index in [1.54, 1.807) is 11.0 Å². The summed E-state index contributed by atoms with van der Waals surface area (Å²) in [6.45, 7) is 2.33. The molecular weight excluding hydrogens is 410 g/mol. The third-order valence-electron chi connectivity index (χ3n) is 7.57. The molecule has 1 unspecified atom stereocenters. The molecule has 0 aromatic heterocycles. The van der Waals surface area contributed by atoms with Crippen molar-refractivity contribution in [3.63, 3.8) is 0 Å². The highest BCUT2D eigenvalue weighted by Crippen LogP contribution is 2.54. The minimum atomic E-state index is -1.25. The predicted octanol–water partition coefficient (Wildman–Crippen LogP) is 3.61. The van der Waals surface area contributed by atoms with E-state index in [2.05, 4.69) is 23.5 Å². The van der Waals surface area contributed by atoms with Gasteiger partial charge in [-0.1, -0.05) is 49.1 Å². The molecule has 31 heavy (non-hydrogen) atoms. The summed E-state index contributed by atoms with van der Waals surface area (Å²) in [5, 5.41) is 13.0. The summed E-state index contributed by atoms with van der Waals surface area (Å²) in [5.41, 5.74) is 9.82. The van der Waals surface area contributed by atoms with Crippen LogP contribution in [0.4, 0.5) is 11.4 Å². The van der Waals surface area contributed by atoms with E-state index in [-0.39, 0.29) is 5.91 Å². The molecule has 164 valence electrons. The number of anilines is 2. The van der Waals surface area contributed by atoms with E-state index in [1.807, 2.05) is 12.1 Å². The molecule has 6 heteroatoms. The van der Waals surface area contributed by atoms with E-state index in [9.17, 15) is 9.90 Å². The third-order valence-corrected chi connectivity index (χ3v) is 7.90. The Bertz CT molecular complexity index is 994. The minimum absolute atomic E-state index is 0.0977. The molecule has 0 bridgehead atoms. The Balaban J connectivity index is 1.67. The number of hydrogen-bond acceptors (Lipinski definition) is 3. The van der Waals surface area contributed by atoms with E-state index in [0.29, 0.717) is 22.2 Å². The number of amides is 1. The van der Waals surface area contributed by atoms with Crippen molar-refractivity contribution in [1.82, 2.24) is 0 Å². The SMILES string of the molecule is NC(O)c1c(Cl)cccc1N1C(=O)C2(CCCCC2)c2cc(C3CC[NH2+]CC3)ccc21. The Morgan fingerprint density at radius 2 is 1.84 bits per heavy atom. The Labute approximate surface area is 188 Å². The van der Waals surface area contributed by atoms with Gasteiger partial charge in [0.05, 0.1) is 29.9 Å². The smallest absolute Gasteiger partial charge is 0.242 e. The van der Waals surface area contributed by atoms with Gasteiger partial charge >= 0.3 is 0 Å². The van der Waals surface area contributed by atoms with Gasteiger partial charge in [-0.2, -0.15) is 0 Å². The summed E-state index contributed by atoms with van der Waals surface area (Å²) < 4.78 is 0. The zero-order valence-electron chi connectivity index (χ0n) is 17.8. The number of fused-ring (bicyclic) bond motifs is 2. The molecule has 2 aliphatic heterocycles. The summed E-state index contributed by atoms with van der Waals surface area (Å²) in [6, 6.07) is 12.0. The molecule has 5 N–H and O–H groups in total. The lowest BCUT2D eigenvalue weighted by Gasteiger charge is -2.33. The molecule has 5 rings (SSSR count). The average Bonchev–Trinajstić information content (AvgIpc) is 3.01. The fourth-order valence-electron chi connectivity index (χ4n) is 5.98. The molecule has 1 saturated carbocycles. The topological polar surface area (TPSA) is 83.2 Å². The van der Waals surface area contributed by atoms with Crippen molar-refractivity contribution in [3.05, 3.63) is 58.1 Å². The van der Waals surface area contributed by atoms with Crippen molar-refractivity contribution in [2.75, 3.05) is 18.0 Å². The predicted molar refractivity (Wildman–Crippen MR) is 123 cm³/mol. The van der Waals surface area contributed by atoms with Crippen LogP contribution >= 0.6 is 11.6 Å². The molecule has 2 heterocycles. The highest BCUT2D eigenvalue weighted by molar-refractivity contribution is 6.32. The van der Waals surface area contributed by atoms with E-state index in [1.165, 1.54) is 24.8 Å². The zero-order chi connectivity index (χ0) is 21.6. The first-order valence-corrected chi connectivity index (χ1v) is 11.9.